The van der Waals surface area contributed by atoms with Gasteiger partial charge in [-0.2, -0.15) is 0 Å². The summed E-state index contributed by atoms with van der Waals surface area (Å²) < 4.78 is 6.95. The summed E-state index contributed by atoms with van der Waals surface area (Å²) in [7, 11) is 1.70. The fourth-order valence-electron chi connectivity index (χ4n) is 2.84. The number of benzene rings is 2. The van der Waals surface area contributed by atoms with Gasteiger partial charge in [0.05, 0.1) is 0 Å². The Hall–Kier alpha value is -2.53. The van der Waals surface area contributed by atoms with Crippen molar-refractivity contribution in [2.75, 3.05) is 13.7 Å². The number of tetrazole rings is 1. The van der Waals surface area contributed by atoms with E-state index >= 15 is 0 Å². The van der Waals surface area contributed by atoms with Crippen LogP contribution >= 0.6 is 0 Å². The molecular formula is C20H24N4O. The molecule has 130 valence electrons. The van der Waals surface area contributed by atoms with E-state index in [0.29, 0.717) is 12.5 Å². The van der Waals surface area contributed by atoms with E-state index in [9.17, 15) is 0 Å². The van der Waals surface area contributed by atoms with Crippen molar-refractivity contribution in [2.24, 2.45) is 0 Å². The summed E-state index contributed by atoms with van der Waals surface area (Å²) >= 11 is 0. The highest BCUT2D eigenvalue weighted by atomic mass is 16.5. The minimum absolute atomic E-state index is 0.510. The monoisotopic (exact) mass is 336 g/mol. The summed E-state index contributed by atoms with van der Waals surface area (Å²) in [4.78, 5) is 0. The highest BCUT2D eigenvalue weighted by Gasteiger charge is 2.10. The Bertz CT molecular complexity index is 826. The summed E-state index contributed by atoms with van der Waals surface area (Å²) in [5.41, 5.74) is 4.75. The first-order valence-electron chi connectivity index (χ1n) is 8.65. The molecule has 0 atom stereocenters. The summed E-state index contributed by atoms with van der Waals surface area (Å²) in [5.74, 6) is 1.30. The van der Waals surface area contributed by atoms with E-state index < -0.39 is 0 Å². The predicted molar refractivity (Wildman–Crippen MR) is 99.3 cm³/mol. The van der Waals surface area contributed by atoms with Crippen molar-refractivity contribution < 1.29 is 4.74 Å². The van der Waals surface area contributed by atoms with Crippen molar-refractivity contribution in [3.05, 3.63) is 54.1 Å². The van der Waals surface area contributed by atoms with Gasteiger partial charge in [0.15, 0.2) is 5.82 Å². The van der Waals surface area contributed by atoms with Gasteiger partial charge in [0.2, 0.25) is 0 Å². The fourth-order valence-corrected chi connectivity index (χ4v) is 2.84. The van der Waals surface area contributed by atoms with Gasteiger partial charge in [0, 0.05) is 25.8 Å². The molecule has 0 aliphatic rings. The molecule has 0 bridgehead atoms. The molecule has 0 aliphatic heterocycles. The van der Waals surface area contributed by atoms with Crippen LogP contribution in [0.1, 0.15) is 31.7 Å². The van der Waals surface area contributed by atoms with Crippen LogP contribution in [0.15, 0.2) is 48.5 Å². The predicted octanol–water partition coefficient (Wildman–Crippen LogP) is 4.17. The lowest BCUT2D eigenvalue weighted by Crippen LogP contribution is -2.05. The number of aromatic nitrogens is 4. The van der Waals surface area contributed by atoms with Gasteiger partial charge in [-0.3, -0.25) is 0 Å². The molecule has 0 radical (unpaired) electrons. The minimum Gasteiger partial charge on any atom is -0.385 e. The van der Waals surface area contributed by atoms with Crippen LogP contribution in [0.2, 0.25) is 0 Å². The van der Waals surface area contributed by atoms with E-state index in [-0.39, 0.29) is 0 Å². The Kier molecular flexibility index (Phi) is 5.56. The average Bonchev–Trinajstić information content (AvgIpc) is 3.11. The van der Waals surface area contributed by atoms with Gasteiger partial charge in [-0.25, -0.2) is 4.68 Å². The van der Waals surface area contributed by atoms with Crippen LogP contribution in [0.3, 0.4) is 0 Å². The van der Waals surface area contributed by atoms with Gasteiger partial charge >= 0.3 is 0 Å². The fraction of sp³-hybridized carbons (Fsp3) is 0.350. The van der Waals surface area contributed by atoms with Gasteiger partial charge in [-0.15, -0.1) is 5.10 Å². The molecular weight excluding hydrogens is 312 g/mol. The van der Waals surface area contributed by atoms with E-state index in [1.54, 1.807) is 7.11 Å². The highest BCUT2D eigenvalue weighted by Crippen LogP contribution is 2.27. The zero-order valence-corrected chi connectivity index (χ0v) is 15.0. The van der Waals surface area contributed by atoms with Gasteiger partial charge in [0.1, 0.15) is 0 Å². The molecule has 0 fully saturated rings. The minimum atomic E-state index is 0.510. The number of hydrogen-bond donors (Lipinski definition) is 0. The number of nitrogens with zero attached hydrogens (tertiary/aromatic N) is 4. The van der Waals surface area contributed by atoms with Crippen LogP contribution in [0.25, 0.3) is 22.5 Å². The number of hydrogen-bond acceptors (Lipinski definition) is 4. The molecule has 3 rings (SSSR count). The summed E-state index contributed by atoms with van der Waals surface area (Å²) in [5, 5.41) is 12.1. The second-order valence-corrected chi connectivity index (χ2v) is 6.43. The van der Waals surface area contributed by atoms with Crippen molar-refractivity contribution >= 4 is 0 Å². The van der Waals surface area contributed by atoms with Crippen LogP contribution in [0.5, 0.6) is 0 Å². The molecule has 1 aromatic heterocycles. The summed E-state index contributed by atoms with van der Waals surface area (Å²) in [6.07, 6.45) is 0.880. The third kappa shape index (κ3) is 4.12. The van der Waals surface area contributed by atoms with Crippen LogP contribution in [-0.4, -0.2) is 33.9 Å². The Labute approximate surface area is 148 Å². The van der Waals surface area contributed by atoms with E-state index in [0.717, 1.165) is 24.4 Å². The standard InChI is InChI=1S/C20H24N4O/c1-15(2)16-7-4-8-17(13-16)18-9-5-10-19(14-18)20-21-22-23-24(20)11-6-12-25-3/h4-5,7-10,13-15H,6,11-12H2,1-3H3. The number of methoxy groups -OCH3 is 1. The first kappa shape index (κ1) is 17.3. The van der Waals surface area contributed by atoms with Crippen molar-refractivity contribution in [3.63, 3.8) is 0 Å². The van der Waals surface area contributed by atoms with Crippen molar-refractivity contribution in [3.8, 4) is 22.5 Å². The maximum absolute atomic E-state index is 5.11. The zero-order chi connectivity index (χ0) is 17.6. The largest absolute Gasteiger partial charge is 0.385 e. The molecule has 5 heteroatoms. The molecule has 0 unspecified atom stereocenters. The number of rotatable bonds is 7. The lowest BCUT2D eigenvalue weighted by Gasteiger charge is -2.10. The van der Waals surface area contributed by atoms with E-state index in [2.05, 4.69) is 71.8 Å². The average molecular weight is 336 g/mol. The van der Waals surface area contributed by atoms with Crippen LogP contribution < -0.4 is 0 Å². The number of aryl methyl sites for hydroxylation is 1. The van der Waals surface area contributed by atoms with E-state index in [4.69, 9.17) is 4.74 Å². The molecule has 1 heterocycles. The Morgan fingerprint density at radius 3 is 2.48 bits per heavy atom. The Morgan fingerprint density at radius 1 is 1.00 bits per heavy atom. The van der Waals surface area contributed by atoms with E-state index in [1.165, 1.54) is 16.7 Å². The molecule has 3 aromatic rings. The lowest BCUT2D eigenvalue weighted by atomic mass is 9.96. The second-order valence-electron chi connectivity index (χ2n) is 6.43. The second kappa shape index (κ2) is 8.03. The summed E-state index contributed by atoms with van der Waals surface area (Å²) in [6, 6.07) is 17.1. The number of ether oxygens (including phenoxy) is 1. The Balaban J connectivity index is 1.90. The zero-order valence-electron chi connectivity index (χ0n) is 15.0. The molecule has 0 N–H and O–H groups in total. The Morgan fingerprint density at radius 2 is 1.72 bits per heavy atom. The van der Waals surface area contributed by atoms with E-state index in [1.807, 2.05) is 10.7 Å². The highest BCUT2D eigenvalue weighted by molar-refractivity contribution is 5.70. The molecule has 2 aromatic carbocycles. The van der Waals surface area contributed by atoms with Gasteiger partial charge < -0.3 is 4.74 Å². The SMILES string of the molecule is COCCCn1nnnc1-c1cccc(-c2cccc(C(C)C)c2)c1. The third-order valence-electron chi connectivity index (χ3n) is 4.26. The third-order valence-corrected chi connectivity index (χ3v) is 4.26. The summed E-state index contributed by atoms with van der Waals surface area (Å²) in [6.45, 7) is 5.86. The molecule has 0 saturated heterocycles. The molecule has 0 aliphatic carbocycles. The topological polar surface area (TPSA) is 52.8 Å². The van der Waals surface area contributed by atoms with Crippen molar-refractivity contribution in [1.82, 2.24) is 20.2 Å². The van der Waals surface area contributed by atoms with Crippen molar-refractivity contribution in [2.45, 2.75) is 32.7 Å². The quantitative estimate of drug-likeness (QED) is 0.608. The van der Waals surface area contributed by atoms with Crippen LogP contribution in [0, 0.1) is 0 Å². The maximum atomic E-state index is 5.11. The van der Waals surface area contributed by atoms with Gasteiger partial charge in [-0.1, -0.05) is 56.3 Å². The first-order chi connectivity index (χ1) is 12.2. The first-order valence-corrected chi connectivity index (χ1v) is 8.65. The molecule has 0 spiro atoms. The maximum Gasteiger partial charge on any atom is 0.182 e. The normalized spacial score (nSPS) is 11.2. The molecule has 0 saturated carbocycles. The van der Waals surface area contributed by atoms with Gasteiger partial charge in [-0.05, 0) is 45.5 Å². The van der Waals surface area contributed by atoms with Crippen LogP contribution in [-0.2, 0) is 11.3 Å². The molecule has 0 amide bonds. The van der Waals surface area contributed by atoms with Crippen molar-refractivity contribution in [1.29, 1.82) is 0 Å². The molecule has 5 nitrogen and oxygen atoms in total. The lowest BCUT2D eigenvalue weighted by molar-refractivity contribution is 0.189. The molecule has 25 heavy (non-hydrogen) atoms. The smallest absolute Gasteiger partial charge is 0.182 e. The van der Waals surface area contributed by atoms with Gasteiger partial charge in [0.25, 0.3) is 0 Å². The van der Waals surface area contributed by atoms with Crippen LogP contribution in [0.4, 0.5) is 0 Å².